The number of ether oxygens (including phenoxy) is 1. The van der Waals surface area contributed by atoms with E-state index in [1.54, 1.807) is 0 Å². The molecule has 134 valence electrons. The van der Waals surface area contributed by atoms with Gasteiger partial charge in [-0.3, -0.25) is 4.79 Å². The van der Waals surface area contributed by atoms with E-state index in [0.717, 1.165) is 35.9 Å². The Morgan fingerprint density at radius 1 is 1.20 bits per heavy atom. The summed E-state index contributed by atoms with van der Waals surface area (Å²) >= 11 is 0. The van der Waals surface area contributed by atoms with E-state index in [-0.39, 0.29) is 11.9 Å². The first-order valence-electron chi connectivity index (χ1n) is 9.08. The molecule has 0 aromatic heterocycles. The first kappa shape index (κ1) is 17.9. The molecule has 0 aliphatic carbocycles. The number of hydrogen-bond donors (Lipinski definition) is 0. The van der Waals surface area contributed by atoms with Crippen molar-refractivity contribution in [3.63, 3.8) is 0 Å². The summed E-state index contributed by atoms with van der Waals surface area (Å²) in [6.07, 6.45) is 1.04. The summed E-state index contributed by atoms with van der Waals surface area (Å²) in [5.74, 6) is 0.480. The van der Waals surface area contributed by atoms with Crippen LogP contribution in [0.25, 0.3) is 10.8 Å². The first-order chi connectivity index (χ1) is 12.1. The molecular formula is C21H28N2O2. The van der Waals surface area contributed by atoms with Crippen molar-refractivity contribution < 1.29 is 9.53 Å². The predicted octanol–water partition coefficient (Wildman–Crippen LogP) is 3.27. The second-order valence-corrected chi connectivity index (χ2v) is 7.23. The highest BCUT2D eigenvalue weighted by Gasteiger charge is 2.30. The Morgan fingerprint density at radius 2 is 1.96 bits per heavy atom. The smallest absolute Gasteiger partial charge is 0.254 e. The third kappa shape index (κ3) is 4.20. The molecule has 1 heterocycles. The maximum absolute atomic E-state index is 13.2. The molecule has 2 aromatic rings. The fraction of sp³-hybridized carbons (Fsp3) is 0.476. The number of amides is 1. The lowest BCUT2D eigenvalue weighted by atomic mass is 9.96. The Labute approximate surface area is 150 Å². The average molecular weight is 340 g/mol. The lowest BCUT2D eigenvalue weighted by Gasteiger charge is -2.32. The molecule has 0 unspecified atom stereocenters. The maximum atomic E-state index is 13.2. The fourth-order valence-electron chi connectivity index (χ4n) is 3.52. The van der Waals surface area contributed by atoms with Gasteiger partial charge in [0.15, 0.2) is 0 Å². The first-order valence-corrected chi connectivity index (χ1v) is 9.08. The lowest BCUT2D eigenvalue weighted by molar-refractivity contribution is 0.0654. The Balaban J connectivity index is 1.80. The van der Waals surface area contributed by atoms with Crippen LogP contribution in [0.15, 0.2) is 42.5 Å². The standard InChI is InChI=1S/C21H28N2O2/c1-16-20(10-11-22(2)3)15-25-13-12-23(16)21(24)19-9-8-17-6-4-5-7-18(17)14-19/h4-9,14,16,20H,10-13,15H2,1-3H3/t16-,20+/m0/s1. The van der Waals surface area contributed by atoms with Gasteiger partial charge in [-0.25, -0.2) is 0 Å². The fourth-order valence-corrected chi connectivity index (χ4v) is 3.52. The number of benzene rings is 2. The minimum absolute atomic E-state index is 0.110. The van der Waals surface area contributed by atoms with Crippen molar-refractivity contribution in [2.45, 2.75) is 19.4 Å². The lowest BCUT2D eigenvalue weighted by Crippen LogP contribution is -2.43. The van der Waals surface area contributed by atoms with E-state index in [9.17, 15) is 4.79 Å². The molecule has 1 aliphatic heterocycles. The highest BCUT2D eigenvalue weighted by Crippen LogP contribution is 2.23. The van der Waals surface area contributed by atoms with Crippen molar-refractivity contribution in [2.24, 2.45) is 5.92 Å². The summed E-state index contributed by atoms with van der Waals surface area (Å²) in [5.41, 5.74) is 0.763. The number of carbonyl (C=O) groups is 1. The van der Waals surface area contributed by atoms with Gasteiger partial charge in [0.25, 0.3) is 5.91 Å². The van der Waals surface area contributed by atoms with Gasteiger partial charge in [0.1, 0.15) is 0 Å². The second kappa shape index (κ2) is 7.98. The monoisotopic (exact) mass is 340 g/mol. The number of carbonyl (C=O) groups excluding carboxylic acids is 1. The Kier molecular flexibility index (Phi) is 5.71. The van der Waals surface area contributed by atoms with Gasteiger partial charge in [-0.2, -0.15) is 0 Å². The minimum Gasteiger partial charge on any atom is -0.379 e. The van der Waals surface area contributed by atoms with Gasteiger partial charge >= 0.3 is 0 Å². The van der Waals surface area contributed by atoms with Gasteiger partial charge in [-0.05, 0) is 56.9 Å². The second-order valence-electron chi connectivity index (χ2n) is 7.23. The van der Waals surface area contributed by atoms with Gasteiger partial charge in [-0.15, -0.1) is 0 Å². The number of rotatable bonds is 4. The summed E-state index contributed by atoms with van der Waals surface area (Å²) in [5, 5.41) is 2.27. The maximum Gasteiger partial charge on any atom is 0.254 e. The molecule has 0 bridgehead atoms. The van der Waals surface area contributed by atoms with Gasteiger partial charge in [0.2, 0.25) is 0 Å². The summed E-state index contributed by atoms with van der Waals surface area (Å²) in [4.78, 5) is 17.3. The van der Waals surface area contributed by atoms with Crippen LogP contribution in [0.4, 0.5) is 0 Å². The van der Waals surface area contributed by atoms with Crippen LogP contribution in [0.5, 0.6) is 0 Å². The minimum atomic E-state index is 0.110. The molecule has 4 nitrogen and oxygen atoms in total. The average Bonchev–Trinajstić information content (AvgIpc) is 2.80. The van der Waals surface area contributed by atoms with E-state index in [1.807, 2.05) is 35.2 Å². The molecule has 1 saturated heterocycles. The van der Waals surface area contributed by atoms with Crippen LogP contribution in [0, 0.1) is 5.92 Å². The number of hydrogen-bond acceptors (Lipinski definition) is 3. The molecule has 3 rings (SSSR count). The van der Waals surface area contributed by atoms with Crippen molar-refractivity contribution in [3.8, 4) is 0 Å². The number of fused-ring (bicyclic) bond motifs is 1. The highest BCUT2D eigenvalue weighted by molar-refractivity contribution is 5.98. The molecule has 0 radical (unpaired) electrons. The molecule has 0 saturated carbocycles. The van der Waals surface area contributed by atoms with E-state index >= 15 is 0 Å². The molecule has 25 heavy (non-hydrogen) atoms. The molecular weight excluding hydrogens is 312 g/mol. The third-order valence-corrected chi connectivity index (χ3v) is 5.19. The van der Waals surface area contributed by atoms with Crippen LogP contribution in [0.2, 0.25) is 0 Å². The van der Waals surface area contributed by atoms with Gasteiger partial charge < -0.3 is 14.5 Å². The van der Waals surface area contributed by atoms with Gasteiger partial charge in [-0.1, -0.05) is 30.3 Å². The summed E-state index contributed by atoms with van der Waals surface area (Å²) in [6.45, 7) is 5.17. The topological polar surface area (TPSA) is 32.8 Å². The molecule has 0 spiro atoms. The van der Waals surface area contributed by atoms with E-state index in [4.69, 9.17) is 4.74 Å². The molecule has 2 atom stereocenters. The van der Waals surface area contributed by atoms with Gasteiger partial charge in [0, 0.05) is 24.1 Å². The Morgan fingerprint density at radius 3 is 2.72 bits per heavy atom. The van der Waals surface area contributed by atoms with Crippen molar-refractivity contribution in [3.05, 3.63) is 48.0 Å². The zero-order chi connectivity index (χ0) is 17.8. The summed E-state index contributed by atoms with van der Waals surface area (Å²) in [7, 11) is 4.17. The largest absolute Gasteiger partial charge is 0.379 e. The van der Waals surface area contributed by atoms with Crippen molar-refractivity contribution in [1.82, 2.24) is 9.80 Å². The zero-order valence-electron chi connectivity index (χ0n) is 15.4. The molecule has 1 aliphatic rings. The highest BCUT2D eigenvalue weighted by atomic mass is 16.5. The molecule has 4 heteroatoms. The Hall–Kier alpha value is -1.91. The molecule has 1 fully saturated rings. The van der Waals surface area contributed by atoms with Crippen LogP contribution < -0.4 is 0 Å². The van der Waals surface area contributed by atoms with Crippen molar-refractivity contribution in [1.29, 1.82) is 0 Å². The van der Waals surface area contributed by atoms with E-state index < -0.39 is 0 Å². The van der Waals surface area contributed by atoms with E-state index in [0.29, 0.717) is 19.1 Å². The number of nitrogens with zero attached hydrogens (tertiary/aromatic N) is 2. The summed E-state index contributed by atoms with van der Waals surface area (Å²) < 4.78 is 5.78. The molecule has 0 N–H and O–H groups in total. The normalized spacial score (nSPS) is 21.5. The van der Waals surface area contributed by atoms with Crippen LogP contribution in [0.1, 0.15) is 23.7 Å². The van der Waals surface area contributed by atoms with E-state index in [2.05, 4.69) is 38.1 Å². The third-order valence-electron chi connectivity index (χ3n) is 5.19. The van der Waals surface area contributed by atoms with Crippen LogP contribution in [-0.2, 0) is 4.74 Å². The zero-order valence-corrected chi connectivity index (χ0v) is 15.4. The van der Waals surface area contributed by atoms with Crippen LogP contribution in [0.3, 0.4) is 0 Å². The SMILES string of the molecule is C[C@H]1[C@H](CCN(C)C)COCCN1C(=O)c1ccc2ccccc2c1. The quantitative estimate of drug-likeness (QED) is 0.856. The van der Waals surface area contributed by atoms with Crippen molar-refractivity contribution in [2.75, 3.05) is 40.4 Å². The van der Waals surface area contributed by atoms with Crippen LogP contribution in [-0.4, -0.2) is 62.1 Å². The van der Waals surface area contributed by atoms with Crippen LogP contribution >= 0.6 is 0 Å². The van der Waals surface area contributed by atoms with Gasteiger partial charge in [0.05, 0.1) is 13.2 Å². The Bertz CT molecular complexity index is 729. The summed E-state index contributed by atoms with van der Waals surface area (Å²) in [6, 6.07) is 14.3. The van der Waals surface area contributed by atoms with Crippen molar-refractivity contribution >= 4 is 16.7 Å². The molecule has 1 amide bonds. The molecule has 2 aromatic carbocycles. The van der Waals surface area contributed by atoms with E-state index in [1.165, 1.54) is 0 Å². The predicted molar refractivity (Wildman–Crippen MR) is 102 cm³/mol.